The molecule has 15 heavy (non-hydrogen) atoms. The van der Waals surface area contributed by atoms with Crippen molar-refractivity contribution in [2.24, 2.45) is 0 Å². The summed E-state index contributed by atoms with van der Waals surface area (Å²) in [6, 6.07) is 12.7. The Morgan fingerprint density at radius 3 is 2.67 bits per heavy atom. The van der Waals surface area contributed by atoms with E-state index in [9.17, 15) is 0 Å². The first-order valence-corrected chi connectivity index (χ1v) is 5.91. The zero-order chi connectivity index (χ0) is 10.7. The monoisotopic (exact) mass is 215 g/mol. The molecule has 1 heteroatoms. The second kappa shape index (κ2) is 4.63. The lowest BCUT2D eigenvalue weighted by atomic mass is 10.0. The van der Waals surface area contributed by atoms with Crippen molar-refractivity contribution in [3.8, 4) is 0 Å². The fourth-order valence-electron chi connectivity index (χ4n) is 1.85. The van der Waals surface area contributed by atoms with Crippen LogP contribution in [-0.2, 0) is 6.42 Å². The van der Waals surface area contributed by atoms with Gasteiger partial charge in [0.2, 0.25) is 0 Å². The Morgan fingerprint density at radius 1 is 1.07 bits per heavy atom. The van der Waals surface area contributed by atoms with Crippen molar-refractivity contribution >= 4 is 23.4 Å². The summed E-state index contributed by atoms with van der Waals surface area (Å²) in [6.07, 6.45) is 3.56. The topological polar surface area (TPSA) is 0 Å². The van der Waals surface area contributed by atoms with Gasteiger partial charge in [-0.1, -0.05) is 62.4 Å². The molecule has 0 aliphatic rings. The predicted molar refractivity (Wildman–Crippen MR) is 68.4 cm³/mol. The van der Waals surface area contributed by atoms with Gasteiger partial charge in [-0.15, -0.1) is 0 Å². The quantitative estimate of drug-likeness (QED) is 0.693. The molecule has 1 radical (unpaired) electrons. The molecule has 0 aliphatic heterocycles. The Hall–Kier alpha value is -1.08. The number of hydrogen-bond donors (Lipinski definition) is 0. The highest BCUT2D eigenvalue weighted by Crippen LogP contribution is 2.26. The third-order valence-electron chi connectivity index (χ3n) is 2.76. The molecule has 0 N–H and O–H groups in total. The zero-order valence-corrected chi connectivity index (χ0v) is 9.81. The van der Waals surface area contributed by atoms with Crippen LogP contribution in [0.3, 0.4) is 0 Å². The molecule has 0 unspecified atom stereocenters. The number of aryl methyl sites for hydroxylation is 1. The molecule has 0 saturated heterocycles. The second-order valence-electron chi connectivity index (χ2n) is 3.88. The molecule has 77 valence electrons. The van der Waals surface area contributed by atoms with Gasteiger partial charge in [-0.25, -0.2) is 0 Å². The Labute approximate surface area is 96.7 Å². The van der Waals surface area contributed by atoms with E-state index in [1.807, 2.05) is 0 Å². The van der Waals surface area contributed by atoms with Crippen LogP contribution in [0.25, 0.3) is 10.8 Å². The summed E-state index contributed by atoms with van der Waals surface area (Å²) in [5.74, 6) is 0. The van der Waals surface area contributed by atoms with Crippen molar-refractivity contribution in [2.45, 2.75) is 31.1 Å². The standard InChI is InChI=1S/C14H15S/c1-2-3-6-12-10-9-11-7-4-5-8-13(11)14(12)15/h4-5,7-10H,2-3,6H2,1H3. The van der Waals surface area contributed by atoms with Crippen LogP contribution >= 0.6 is 12.6 Å². The number of fused-ring (bicyclic) bond motifs is 1. The van der Waals surface area contributed by atoms with Crippen molar-refractivity contribution in [1.82, 2.24) is 0 Å². The van der Waals surface area contributed by atoms with Crippen LogP contribution in [-0.4, -0.2) is 0 Å². The van der Waals surface area contributed by atoms with Crippen molar-refractivity contribution in [2.75, 3.05) is 0 Å². The van der Waals surface area contributed by atoms with E-state index in [1.54, 1.807) is 0 Å². The lowest BCUT2D eigenvalue weighted by molar-refractivity contribution is 0.787. The average Bonchev–Trinajstić information content (AvgIpc) is 2.29. The van der Waals surface area contributed by atoms with E-state index in [0.717, 1.165) is 11.3 Å². The van der Waals surface area contributed by atoms with E-state index in [-0.39, 0.29) is 0 Å². The fraction of sp³-hybridized carbons (Fsp3) is 0.286. The fourth-order valence-corrected chi connectivity index (χ4v) is 2.21. The van der Waals surface area contributed by atoms with Gasteiger partial charge in [0.25, 0.3) is 0 Å². The molecule has 0 aliphatic carbocycles. The largest absolute Gasteiger partial charge is 0.0791 e. The highest BCUT2D eigenvalue weighted by molar-refractivity contribution is 7.80. The van der Waals surface area contributed by atoms with Crippen molar-refractivity contribution in [1.29, 1.82) is 0 Å². The number of rotatable bonds is 3. The highest BCUT2D eigenvalue weighted by atomic mass is 32.1. The summed E-state index contributed by atoms with van der Waals surface area (Å²) in [5, 5.41) is 2.48. The van der Waals surface area contributed by atoms with Gasteiger partial charge in [0.1, 0.15) is 0 Å². The van der Waals surface area contributed by atoms with Gasteiger partial charge in [0.15, 0.2) is 0 Å². The van der Waals surface area contributed by atoms with Gasteiger partial charge in [-0.2, -0.15) is 0 Å². The Morgan fingerprint density at radius 2 is 1.87 bits per heavy atom. The van der Waals surface area contributed by atoms with E-state index >= 15 is 0 Å². The van der Waals surface area contributed by atoms with E-state index in [0.29, 0.717) is 0 Å². The second-order valence-corrected chi connectivity index (χ2v) is 4.29. The van der Waals surface area contributed by atoms with Gasteiger partial charge in [0, 0.05) is 4.90 Å². The summed E-state index contributed by atoms with van der Waals surface area (Å²) in [7, 11) is 0. The molecule has 0 aromatic heterocycles. The predicted octanol–water partition coefficient (Wildman–Crippen LogP) is 4.74. The highest BCUT2D eigenvalue weighted by Gasteiger charge is 2.03. The van der Waals surface area contributed by atoms with Crippen molar-refractivity contribution < 1.29 is 0 Å². The van der Waals surface area contributed by atoms with Gasteiger partial charge in [-0.3, -0.25) is 0 Å². The molecule has 0 bridgehead atoms. The third kappa shape index (κ3) is 2.13. The molecular formula is C14H15S. The van der Waals surface area contributed by atoms with Crippen LogP contribution in [0, 0.1) is 0 Å². The van der Waals surface area contributed by atoms with Crippen LogP contribution < -0.4 is 0 Å². The van der Waals surface area contributed by atoms with Crippen LogP contribution in [0.15, 0.2) is 41.3 Å². The average molecular weight is 215 g/mol. The molecule has 0 atom stereocenters. The van der Waals surface area contributed by atoms with Crippen LogP contribution in [0.5, 0.6) is 0 Å². The van der Waals surface area contributed by atoms with Gasteiger partial charge in [-0.05, 0) is 29.2 Å². The Kier molecular flexibility index (Phi) is 3.22. The number of benzene rings is 2. The first-order chi connectivity index (χ1) is 7.33. The summed E-state index contributed by atoms with van der Waals surface area (Å²) in [6.45, 7) is 2.21. The molecule has 0 amide bonds. The Balaban J connectivity index is 2.45. The maximum atomic E-state index is 5.51. The van der Waals surface area contributed by atoms with E-state index in [4.69, 9.17) is 12.6 Å². The van der Waals surface area contributed by atoms with Gasteiger partial charge >= 0.3 is 0 Å². The van der Waals surface area contributed by atoms with Crippen molar-refractivity contribution in [3.63, 3.8) is 0 Å². The molecule has 0 heterocycles. The molecule has 0 spiro atoms. The maximum Gasteiger partial charge on any atom is 0.0487 e. The molecule has 0 fully saturated rings. The first-order valence-electron chi connectivity index (χ1n) is 5.50. The lowest BCUT2D eigenvalue weighted by Crippen LogP contribution is -1.88. The summed E-state index contributed by atoms with van der Waals surface area (Å²) in [4.78, 5) is 1.04. The van der Waals surface area contributed by atoms with Crippen LogP contribution in [0.2, 0.25) is 0 Å². The molecule has 2 aromatic rings. The zero-order valence-electron chi connectivity index (χ0n) is 8.99. The van der Waals surface area contributed by atoms with E-state index < -0.39 is 0 Å². The molecule has 2 rings (SSSR count). The molecule has 0 saturated carbocycles. The van der Waals surface area contributed by atoms with E-state index in [2.05, 4.69) is 43.3 Å². The summed E-state index contributed by atoms with van der Waals surface area (Å²) < 4.78 is 0. The minimum Gasteiger partial charge on any atom is -0.0791 e. The first kappa shape index (κ1) is 10.4. The minimum absolute atomic E-state index is 1.04. The molecule has 2 aromatic carbocycles. The van der Waals surface area contributed by atoms with Crippen molar-refractivity contribution in [3.05, 3.63) is 42.0 Å². The Bertz CT molecular complexity index is 460. The third-order valence-corrected chi connectivity index (χ3v) is 3.24. The SMILES string of the molecule is CCCCc1ccc2ccccc2c1[S]. The molecular weight excluding hydrogens is 200 g/mol. The smallest absolute Gasteiger partial charge is 0.0487 e. The van der Waals surface area contributed by atoms with E-state index in [1.165, 1.54) is 29.2 Å². The van der Waals surface area contributed by atoms with Gasteiger partial charge < -0.3 is 0 Å². The molecule has 0 nitrogen and oxygen atoms in total. The van der Waals surface area contributed by atoms with Gasteiger partial charge in [0.05, 0.1) is 0 Å². The van der Waals surface area contributed by atoms with Crippen LogP contribution in [0.1, 0.15) is 25.3 Å². The normalized spacial score (nSPS) is 10.7. The minimum atomic E-state index is 1.04. The number of unbranched alkanes of at least 4 members (excludes halogenated alkanes) is 1. The maximum absolute atomic E-state index is 5.51. The number of hydrogen-bond acceptors (Lipinski definition) is 0. The van der Waals surface area contributed by atoms with Crippen LogP contribution in [0.4, 0.5) is 0 Å². The summed E-state index contributed by atoms with van der Waals surface area (Å²) >= 11 is 5.51. The summed E-state index contributed by atoms with van der Waals surface area (Å²) in [5.41, 5.74) is 1.32. The lowest BCUT2D eigenvalue weighted by Gasteiger charge is -2.06.